The molecule has 5 nitrogen and oxygen atoms in total. The molecule has 2 aliphatic heterocycles. The van der Waals surface area contributed by atoms with Gasteiger partial charge in [0.1, 0.15) is 6.26 Å². The van der Waals surface area contributed by atoms with E-state index in [1.165, 1.54) is 12.7 Å². The Morgan fingerprint density at radius 1 is 1.18 bits per heavy atom. The lowest BCUT2D eigenvalue weighted by atomic mass is 10.1. The van der Waals surface area contributed by atoms with Crippen molar-refractivity contribution in [2.75, 3.05) is 13.1 Å². The number of hydrogen-bond acceptors (Lipinski definition) is 4. The van der Waals surface area contributed by atoms with E-state index in [1.54, 1.807) is 0 Å². The predicted octanol–water partition coefficient (Wildman–Crippen LogP) is 2.31. The Morgan fingerprint density at radius 3 is 2.86 bits per heavy atom. The molecule has 4 rings (SSSR count). The maximum absolute atomic E-state index is 12.6. The number of carbonyl (C=O) groups is 1. The third kappa shape index (κ3) is 2.52. The lowest BCUT2D eigenvalue weighted by Crippen LogP contribution is -2.39. The summed E-state index contributed by atoms with van der Waals surface area (Å²) in [6, 6.07) is 10.6. The van der Waals surface area contributed by atoms with Crippen molar-refractivity contribution in [1.29, 1.82) is 0 Å². The molecular weight excluding hydrogens is 278 g/mol. The molecule has 114 valence electrons. The van der Waals surface area contributed by atoms with E-state index in [-0.39, 0.29) is 5.91 Å². The van der Waals surface area contributed by atoms with Gasteiger partial charge in [-0.3, -0.25) is 4.79 Å². The van der Waals surface area contributed by atoms with E-state index in [4.69, 9.17) is 4.42 Å². The van der Waals surface area contributed by atoms with Gasteiger partial charge < -0.3 is 14.6 Å². The normalized spacial score (nSPS) is 24.3. The Morgan fingerprint density at radius 2 is 2.00 bits per heavy atom. The summed E-state index contributed by atoms with van der Waals surface area (Å²) in [7, 11) is 0. The summed E-state index contributed by atoms with van der Waals surface area (Å²) in [6.45, 7) is 1.56. The number of aromatic nitrogens is 1. The molecule has 22 heavy (non-hydrogen) atoms. The molecule has 3 heterocycles. The van der Waals surface area contributed by atoms with E-state index >= 15 is 0 Å². The van der Waals surface area contributed by atoms with Crippen LogP contribution in [-0.2, 0) is 0 Å². The number of amides is 1. The molecule has 2 atom stereocenters. The SMILES string of the molecule is O=C(c1coc(-c2ccccc2)n1)N1CCC2CCC(C1)N2. The summed E-state index contributed by atoms with van der Waals surface area (Å²) in [5.41, 5.74) is 1.29. The lowest BCUT2D eigenvalue weighted by Gasteiger charge is -2.23. The minimum Gasteiger partial charge on any atom is -0.444 e. The fourth-order valence-electron chi connectivity index (χ4n) is 3.37. The fraction of sp³-hybridized carbons (Fsp3) is 0.412. The zero-order chi connectivity index (χ0) is 14.9. The van der Waals surface area contributed by atoms with Crippen LogP contribution in [0.2, 0.25) is 0 Å². The third-order valence-electron chi connectivity index (χ3n) is 4.55. The van der Waals surface area contributed by atoms with Crippen LogP contribution in [0.5, 0.6) is 0 Å². The average Bonchev–Trinajstić information content (AvgIpc) is 3.14. The molecule has 2 fully saturated rings. The van der Waals surface area contributed by atoms with Gasteiger partial charge in [-0.1, -0.05) is 18.2 Å². The molecule has 2 bridgehead atoms. The van der Waals surface area contributed by atoms with Gasteiger partial charge >= 0.3 is 0 Å². The minimum atomic E-state index is -0.0275. The highest BCUT2D eigenvalue weighted by atomic mass is 16.3. The van der Waals surface area contributed by atoms with Crippen LogP contribution in [0, 0.1) is 0 Å². The van der Waals surface area contributed by atoms with Crippen molar-refractivity contribution in [3.05, 3.63) is 42.3 Å². The summed E-state index contributed by atoms with van der Waals surface area (Å²) in [5.74, 6) is 0.471. The zero-order valence-electron chi connectivity index (χ0n) is 12.4. The van der Waals surface area contributed by atoms with Crippen LogP contribution in [0.3, 0.4) is 0 Å². The maximum Gasteiger partial charge on any atom is 0.275 e. The van der Waals surface area contributed by atoms with Gasteiger partial charge in [-0.2, -0.15) is 0 Å². The smallest absolute Gasteiger partial charge is 0.275 e. The number of likely N-dealkylation sites (tertiary alicyclic amines) is 1. The highest BCUT2D eigenvalue weighted by Crippen LogP contribution is 2.23. The van der Waals surface area contributed by atoms with Crippen molar-refractivity contribution in [2.45, 2.75) is 31.3 Å². The van der Waals surface area contributed by atoms with Crippen LogP contribution in [0.4, 0.5) is 0 Å². The van der Waals surface area contributed by atoms with Gasteiger partial charge in [0.05, 0.1) is 0 Å². The first-order chi connectivity index (χ1) is 10.8. The fourth-order valence-corrected chi connectivity index (χ4v) is 3.37. The molecule has 1 amide bonds. The molecule has 2 aliphatic rings. The Hall–Kier alpha value is -2.14. The van der Waals surface area contributed by atoms with Crippen molar-refractivity contribution in [1.82, 2.24) is 15.2 Å². The molecule has 5 heteroatoms. The number of nitrogens with one attached hydrogen (secondary N) is 1. The highest BCUT2D eigenvalue weighted by molar-refractivity contribution is 5.92. The molecule has 0 radical (unpaired) electrons. The molecule has 0 aliphatic carbocycles. The monoisotopic (exact) mass is 297 g/mol. The van der Waals surface area contributed by atoms with Gasteiger partial charge in [-0.25, -0.2) is 4.98 Å². The van der Waals surface area contributed by atoms with Gasteiger partial charge in [-0.15, -0.1) is 0 Å². The van der Waals surface area contributed by atoms with Crippen LogP contribution >= 0.6 is 0 Å². The number of fused-ring (bicyclic) bond motifs is 2. The molecule has 2 saturated heterocycles. The average molecular weight is 297 g/mol. The van der Waals surface area contributed by atoms with Crippen molar-refractivity contribution >= 4 is 5.91 Å². The molecule has 1 aromatic heterocycles. The van der Waals surface area contributed by atoms with Crippen molar-refractivity contribution in [3.63, 3.8) is 0 Å². The van der Waals surface area contributed by atoms with Gasteiger partial charge in [0, 0.05) is 30.7 Å². The molecular formula is C17H19N3O2. The molecule has 1 aromatic carbocycles. The summed E-state index contributed by atoms with van der Waals surface area (Å²) in [4.78, 5) is 18.9. The summed E-state index contributed by atoms with van der Waals surface area (Å²) in [6.07, 6.45) is 4.88. The standard InChI is InChI=1S/C17H19N3O2/c21-17(20-9-8-13-6-7-14(10-20)18-13)15-11-22-16(19-15)12-4-2-1-3-5-12/h1-5,11,13-14,18H,6-10H2. The Bertz CT molecular complexity index is 668. The Labute approximate surface area is 129 Å². The van der Waals surface area contributed by atoms with Gasteiger partial charge in [-0.05, 0) is 31.4 Å². The molecule has 2 aromatic rings. The maximum atomic E-state index is 12.6. The second-order valence-corrected chi connectivity index (χ2v) is 6.08. The van der Waals surface area contributed by atoms with E-state index in [0.717, 1.165) is 31.5 Å². The van der Waals surface area contributed by atoms with Gasteiger partial charge in [0.2, 0.25) is 5.89 Å². The van der Waals surface area contributed by atoms with Crippen LogP contribution in [-0.4, -0.2) is 41.0 Å². The zero-order valence-corrected chi connectivity index (χ0v) is 12.4. The molecule has 0 saturated carbocycles. The first-order valence-corrected chi connectivity index (χ1v) is 7.86. The van der Waals surface area contributed by atoms with E-state index < -0.39 is 0 Å². The minimum absolute atomic E-state index is 0.0275. The first kappa shape index (κ1) is 13.5. The number of carbonyl (C=O) groups excluding carboxylic acids is 1. The number of nitrogens with zero attached hydrogens (tertiary/aromatic N) is 2. The van der Waals surface area contributed by atoms with Gasteiger partial charge in [0.25, 0.3) is 5.91 Å². The first-order valence-electron chi connectivity index (χ1n) is 7.86. The number of rotatable bonds is 2. The number of hydrogen-bond donors (Lipinski definition) is 1. The molecule has 1 N–H and O–H groups in total. The number of benzene rings is 1. The summed E-state index contributed by atoms with van der Waals surface area (Å²) >= 11 is 0. The largest absolute Gasteiger partial charge is 0.444 e. The third-order valence-corrected chi connectivity index (χ3v) is 4.55. The van der Waals surface area contributed by atoms with Crippen LogP contribution in [0.15, 0.2) is 41.0 Å². The second kappa shape index (κ2) is 5.57. The van der Waals surface area contributed by atoms with E-state index in [0.29, 0.717) is 23.7 Å². The number of oxazole rings is 1. The summed E-state index contributed by atoms with van der Waals surface area (Å²) in [5, 5.41) is 3.58. The van der Waals surface area contributed by atoms with Gasteiger partial charge in [0.15, 0.2) is 5.69 Å². The van der Waals surface area contributed by atoms with E-state index in [1.807, 2.05) is 35.2 Å². The van der Waals surface area contributed by atoms with Crippen LogP contribution in [0.1, 0.15) is 29.8 Å². The van der Waals surface area contributed by atoms with Crippen molar-refractivity contribution < 1.29 is 9.21 Å². The Balaban J connectivity index is 1.52. The van der Waals surface area contributed by atoms with E-state index in [9.17, 15) is 4.79 Å². The van der Waals surface area contributed by atoms with Crippen molar-refractivity contribution in [2.24, 2.45) is 0 Å². The summed E-state index contributed by atoms with van der Waals surface area (Å²) < 4.78 is 5.48. The van der Waals surface area contributed by atoms with E-state index in [2.05, 4.69) is 10.3 Å². The van der Waals surface area contributed by atoms with Crippen LogP contribution < -0.4 is 5.32 Å². The molecule has 0 spiro atoms. The predicted molar refractivity (Wildman–Crippen MR) is 82.4 cm³/mol. The lowest BCUT2D eigenvalue weighted by molar-refractivity contribution is 0.0742. The molecule has 2 unspecified atom stereocenters. The van der Waals surface area contributed by atoms with Crippen molar-refractivity contribution in [3.8, 4) is 11.5 Å². The second-order valence-electron chi connectivity index (χ2n) is 6.08. The topological polar surface area (TPSA) is 58.4 Å². The van der Waals surface area contributed by atoms with Crippen LogP contribution in [0.25, 0.3) is 11.5 Å². The quantitative estimate of drug-likeness (QED) is 0.924. The Kier molecular flexibility index (Phi) is 3.42. The highest BCUT2D eigenvalue weighted by Gasteiger charge is 2.32.